The van der Waals surface area contributed by atoms with Crippen molar-refractivity contribution in [1.29, 1.82) is 0 Å². The van der Waals surface area contributed by atoms with Crippen LogP contribution in [-0.4, -0.2) is 27.3 Å². The van der Waals surface area contributed by atoms with Crippen LogP contribution in [0, 0.1) is 0 Å². The summed E-state index contributed by atoms with van der Waals surface area (Å²) >= 11 is 0. The van der Waals surface area contributed by atoms with E-state index in [9.17, 15) is 0 Å². The van der Waals surface area contributed by atoms with Crippen LogP contribution in [0.4, 0.5) is 0 Å². The number of methoxy groups -OCH3 is 2. The van der Waals surface area contributed by atoms with Crippen LogP contribution in [0.3, 0.4) is 0 Å². The number of hydrogen-bond acceptors (Lipinski definition) is 3. The van der Waals surface area contributed by atoms with Gasteiger partial charge in [0.2, 0.25) is 0 Å². The van der Waals surface area contributed by atoms with Gasteiger partial charge in [0.15, 0.2) is 0 Å². The summed E-state index contributed by atoms with van der Waals surface area (Å²) in [6, 6.07) is 6.74. The van der Waals surface area contributed by atoms with E-state index in [-0.39, 0.29) is 0 Å². The number of benzene rings is 1. The number of ether oxygens (including phenoxy) is 2. The predicted octanol–water partition coefficient (Wildman–Crippen LogP) is 3.34. The molecule has 0 saturated heterocycles. The molecule has 1 fully saturated rings. The fourth-order valence-corrected chi connectivity index (χ4v) is 3.06. The van der Waals surface area contributed by atoms with Crippen LogP contribution in [0.15, 0.2) is 18.2 Å². The van der Waals surface area contributed by atoms with E-state index in [2.05, 4.69) is 18.4 Å². The summed E-state index contributed by atoms with van der Waals surface area (Å²) in [7, 11) is 5.53. The molecular formula is C16H25NO2. The SMILES string of the molecule is CNC1CCCCC(c2cc(OC)ccc2OC)C1. The average Bonchev–Trinajstić information content (AvgIpc) is 2.71. The Morgan fingerprint density at radius 2 is 1.89 bits per heavy atom. The highest BCUT2D eigenvalue weighted by molar-refractivity contribution is 5.42. The Balaban J connectivity index is 2.27. The molecule has 0 spiro atoms. The first kappa shape index (κ1) is 14.2. The standard InChI is InChI=1S/C16H25NO2/c1-17-13-7-5-4-6-12(10-13)15-11-14(18-2)8-9-16(15)19-3/h8-9,11-13,17H,4-7,10H2,1-3H3. The van der Waals surface area contributed by atoms with Gasteiger partial charge in [-0.2, -0.15) is 0 Å². The molecule has 1 aromatic rings. The largest absolute Gasteiger partial charge is 0.497 e. The van der Waals surface area contributed by atoms with Crippen molar-refractivity contribution in [3.8, 4) is 11.5 Å². The van der Waals surface area contributed by atoms with Gasteiger partial charge in [-0.05, 0) is 50.4 Å². The zero-order valence-corrected chi connectivity index (χ0v) is 12.2. The van der Waals surface area contributed by atoms with Crippen LogP contribution >= 0.6 is 0 Å². The average molecular weight is 263 g/mol. The van der Waals surface area contributed by atoms with Crippen LogP contribution < -0.4 is 14.8 Å². The highest BCUT2D eigenvalue weighted by Gasteiger charge is 2.23. The summed E-state index contributed by atoms with van der Waals surface area (Å²) < 4.78 is 10.9. The molecule has 2 atom stereocenters. The van der Waals surface area contributed by atoms with Crippen molar-refractivity contribution < 1.29 is 9.47 Å². The molecule has 3 nitrogen and oxygen atoms in total. The third-order valence-electron chi connectivity index (χ3n) is 4.21. The first-order chi connectivity index (χ1) is 9.28. The number of rotatable bonds is 4. The molecule has 0 amide bonds. The summed E-state index contributed by atoms with van der Waals surface area (Å²) in [5, 5.41) is 3.44. The van der Waals surface area contributed by atoms with E-state index in [1.807, 2.05) is 12.1 Å². The molecular weight excluding hydrogens is 238 g/mol. The maximum absolute atomic E-state index is 5.53. The summed E-state index contributed by atoms with van der Waals surface area (Å²) in [4.78, 5) is 0. The zero-order chi connectivity index (χ0) is 13.7. The van der Waals surface area contributed by atoms with Gasteiger partial charge >= 0.3 is 0 Å². The Labute approximate surface area is 116 Å². The Bertz CT molecular complexity index is 406. The monoisotopic (exact) mass is 263 g/mol. The van der Waals surface area contributed by atoms with E-state index < -0.39 is 0 Å². The van der Waals surface area contributed by atoms with E-state index in [1.54, 1.807) is 14.2 Å². The minimum atomic E-state index is 0.560. The van der Waals surface area contributed by atoms with Crippen molar-refractivity contribution in [1.82, 2.24) is 5.32 Å². The van der Waals surface area contributed by atoms with Crippen LogP contribution in [0.25, 0.3) is 0 Å². The van der Waals surface area contributed by atoms with Gasteiger partial charge in [-0.3, -0.25) is 0 Å². The van der Waals surface area contributed by atoms with Gasteiger partial charge in [0.1, 0.15) is 11.5 Å². The molecule has 1 saturated carbocycles. The third-order valence-corrected chi connectivity index (χ3v) is 4.21. The van der Waals surface area contributed by atoms with Gasteiger partial charge in [0.25, 0.3) is 0 Å². The van der Waals surface area contributed by atoms with Crippen LogP contribution in [-0.2, 0) is 0 Å². The number of hydrogen-bond donors (Lipinski definition) is 1. The predicted molar refractivity (Wildman–Crippen MR) is 78.2 cm³/mol. The molecule has 1 aromatic carbocycles. The van der Waals surface area contributed by atoms with Gasteiger partial charge in [0, 0.05) is 11.6 Å². The van der Waals surface area contributed by atoms with Crippen molar-refractivity contribution in [2.24, 2.45) is 0 Å². The lowest BCUT2D eigenvalue weighted by molar-refractivity contribution is 0.388. The van der Waals surface area contributed by atoms with Crippen molar-refractivity contribution in [3.05, 3.63) is 23.8 Å². The Kier molecular flexibility index (Phi) is 5.08. The lowest BCUT2D eigenvalue weighted by atomic mass is 9.89. The van der Waals surface area contributed by atoms with Gasteiger partial charge in [-0.25, -0.2) is 0 Å². The van der Waals surface area contributed by atoms with Gasteiger partial charge in [-0.1, -0.05) is 12.8 Å². The molecule has 0 bridgehead atoms. The Morgan fingerprint density at radius 3 is 2.58 bits per heavy atom. The topological polar surface area (TPSA) is 30.5 Å². The molecule has 0 aliphatic heterocycles. The maximum atomic E-state index is 5.53. The third kappa shape index (κ3) is 3.41. The fraction of sp³-hybridized carbons (Fsp3) is 0.625. The minimum Gasteiger partial charge on any atom is -0.497 e. The lowest BCUT2D eigenvalue weighted by Crippen LogP contribution is -2.25. The second-order valence-corrected chi connectivity index (χ2v) is 5.31. The van der Waals surface area contributed by atoms with Crippen LogP contribution in [0.5, 0.6) is 11.5 Å². The first-order valence-electron chi connectivity index (χ1n) is 7.17. The van der Waals surface area contributed by atoms with Crippen molar-refractivity contribution in [2.75, 3.05) is 21.3 Å². The molecule has 2 unspecified atom stereocenters. The zero-order valence-electron chi connectivity index (χ0n) is 12.2. The second kappa shape index (κ2) is 6.80. The van der Waals surface area contributed by atoms with Gasteiger partial charge in [-0.15, -0.1) is 0 Å². The normalized spacial score (nSPS) is 23.7. The number of nitrogens with one attached hydrogen (secondary N) is 1. The van der Waals surface area contributed by atoms with Crippen molar-refractivity contribution >= 4 is 0 Å². The molecule has 19 heavy (non-hydrogen) atoms. The molecule has 1 aliphatic rings. The quantitative estimate of drug-likeness (QED) is 0.845. The first-order valence-corrected chi connectivity index (χ1v) is 7.17. The molecule has 0 heterocycles. The molecule has 2 rings (SSSR count). The molecule has 3 heteroatoms. The van der Waals surface area contributed by atoms with E-state index in [0.717, 1.165) is 11.5 Å². The van der Waals surface area contributed by atoms with Crippen LogP contribution in [0.1, 0.15) is 43.6 Å². The lowest BCUT2D eigenvalue weighted by Gasteiger charge is -2.22. The van der Waals surface area contributed by atoms with Crippen LogP contribution in [0.2, 0.25) is 0 Å². The smallest absolute Gasteiger partial charge is 0.122 e. The minimum absolute atomic E-state index is 0.560. The Hall–Kier alpha value is -1.22. The molecule has 1 aliphatic carbocycles. The maximum Gasteiger partial charge on any atom is 0.122 e. The Morgan fingerprint density at radius 1 is 1.11 bits per heavy atom. The summed E-state index contributed by atoms with van der Waals surface area (Å²) in [5.74, 6) is 2.47. The summed E-state index contributed by atoms with van der Waals surface area (Å²) in [6.45, 7) is 0. The van der Waals surface area contributed by atoms with Gasteiger partial charge in [0.05, 0.1) is 14.2 Å². The molecule has 0 aromatic heterocycles. The summed E-state index contributed by atoms with van der Waals surface area (Å²) in [5.41, 5.74) is 1.30. The van der Waals surface area contributed by atoms with Crippen molar-refractivity contribution in [2.45, 2.75) is 44.1 Å². The molecule has 106 valence electrons. The van der Waals surface area contributed by atoms with Crippen molar-refractivity contribution in [3.63, 3.8) is 0 Å². The van der Waals surface area contributed by atoms with Gasteiger partial charge < -0.3 is 14.8 Å². The highest BCUT2D eigenvalue weighted by atomic mass is 16.5. The fourth-order valence-electron chi connectivity index (χ4n) is 3.06. The molecule has 0 radical (unpaired) electrons. The van der Waals surface area contributed by atoms with E-state index in [1.165, 1.54) is 37.7 Å². The second-order valence-electron chi connectivity index (χ2n) is 5.31. The highest BCUT2D eigenvalue weighted by Crippen LogP contribution is 2.38. The molecule has 1 N–H and O–H groups in total. The van der Waals surface area contributed by atoms with E-state index in [4.69, 9.17) is 9.47 Å². The summed E-state index contributed by atoms with van der Waals surface area (Å²) in [6.07, 6.45) is 6.30. The van der Waals surface area contributed by atoms with E-state index in [0.29, 0.717) is 12.0 Å². The van der Waals surface area contributed by atoms with E-state index >= 15 is 0 Å².